The molecule has 5 heteroatoms. The second-order valence-corrected chi connectivity index (χ2v) is 12.6. The van der Waals surface area contributed by atoms with Gasteiger partial charge in [0.25, 0.3) is 0 Å². The Morgan fingerprint density at radius 3 is 2.06 bits per heavy atom. The third kappa shape index (κ3) is 5.87. The molecule has 0 bridgehead atoms. The van der Waals surface area contributed by atoms with E-state index in [1.54, 1.807) is 48.5 Å². The fourth-order valence-corrected chi connectivity index (χ4v) is 7.34. The first-order chi connectivity index (χ1) is 15.6. The van der Waals surface area contributed by atoms with Gasteiger partial charge in [-0.15, -0.1) is 0 Å². The number of esters is 1. The zero-order valence-electron chi connectivity index (χ0n) is 20.4. The summed E-state index contributed by atoms with van der Waals surface area (Å²) in [6.07, 6.45) is 4.95. The predicted octanol–water partition coefficient (Wildman–Crippen LogP) is 6.85. The van der Waals surface area contributed by atoms with Crippen LogP contribution in [0, 0.1) is 11.3 Å². The lowest BCUT2D eigenvalue weighted by Crippen LogP contribution is -2.53. The van der Waals surface area contributed by atoms with E-state index in [0.717, 1.165) is 25.7 Å². The molecule has 2 aromatic carbocycles. The Hall–Kier alpha value is -2.14. The van der Waals surface area contributed by atoms with E-state index in [9.17, 15) is 13.2 Å². The van der Waals surface area contributed by atoms with Gasteiger partial charge in [-0.25, -0.2) is 13.2 Å². The standard InChI is InChI=1S/C28H38O4S/c1-5-6-17-25(33(30,31)24-15-11-8-12-16-24)28(20-18-23(19-21-28)27(2,3)4)32-26(29)22-13-9-7-10-14-22/h7-16,23,25H,5-6,17-21H2,1-4H3. The average Bonchev–Trinajstić information content (AvgIpc) is 2.80. The number of rotatable bonds is 8. The van der Waals surface area contributed by atoms with E-state index in [2.05, 4.69) is 27.7 Å². The molecule has 0 saturated heterocycles. The van der Waals surface area contributed by atoms with Crippen LogP contribution in [0.25, 0.3) is 0 Å². The summed E-state index contributed by atoms with van der Waals surface area (Å²) in [7, 11) is -3.69. The first kappa shape index (κ1) is 25.5. The van der Waals surface area contributed by atoms with Crippen LogP contribution in [0.15, 0.2) is 65.6 Å². The van der Waals surface area contributed by atoms with Crippen LogP contribution in [-0.2, 0) is 14.6 Å². The lowest BCUT2D eigenvalue weighted by molar-refractivity contribution is -0.0567. The molecule has 3 rings (SSSR count). The minimum atomic E-state index is -3.69. The van der Waals surface area contributed by atoms with Crippen molar-refractivity contribution in [1.82, 2.24) is 0 Å². The molecular formula is C28H38O4S. The van der Waals surface area contributed by atoms with E-state index in [0.29, 0.717) is 35.6 Å². The Balaban J connectivity index is 2.04. The molecule has 0 N–H and O–H groups in total. The van der Waals surface area contributed by atoms with Crippen molar-refractivity contribution in [2.24, 2.45) is 11.3 Å². The highest BCUT2D eigenvalue weighted by Gasteiger charge is 2.52. The molecule has 0 heterocycles. The van der Waals surface area contributed by atoms with Gasteiger partial charge in [0.15, 0.2) is 9.84 Å². The van der Waals surface area contributed by atoms with Crippen LogP contribution in [0.2, 0.25) is 0 Å². The van der Waals surface area contributed by atoms with Crippen molar-refractivity contribution in [3.05, 3.63) is 66.2 Å². The van der Waals surface area contributed by atoms with Crippen molar-refractivity contribution in [3.8, 4) is 0 Å². The van der Waals surface area contributed by atoms with Crippen LogP contribution in [0.4, 0.5) is 0 Å². The highest BCUT2D eigenvalue weighted by Crippen LogP contribution is 2.47. The second-order valence-electron chi connectivity index (χ2n) is 10.4. The number of ether oxygens (including phenoxy) is 1. The Bertz CT molecular complexity index is 999. The van der Waals surface area contributed by atoms with Crippen molar-refractivity contribution >= 4 is 15.8 Å². The van der Waals surface area contributed by atoms with Crippen LogP contribution in [0.3, 0.4) is 0 Å². The third-order valence-electron chi connectivity index (χ3n) is 7.22. The maximum atomic E-state index is 13.9. The Morgan fingerprint density at radius 2 is 1.55 bits per heavy atom. The SMILES string of the molecule is CCCCC(C1(OC(=O)c2ccccc2)CCC(C(C)(C)C)CC1)S(=O)(=O)c1ccccc1. The second kappa shape index (κ2) is 10.4. The summed E-state index contributed by atoms with van der Waals surface area (Å²) in [5.41, 5.74) is -0.438. The summed E-state index contributed by atoms with van der Waals surface area (Å²) >= 11 is 0. The van der Waals surface area contributed by atoms with Gasteiger partial charge in [-0.1, -0.05) is 76.9 Å². The molecule has 1 fully saturated rings. The van der Waals surface area contributed by atoms with Crippen LogP contribution in [0.5, 0.6) is 0 Å². The molecule has 4 nitrogen and oxygen atoms in total. The fraction of sp³-hybridized carbons (Fsp3) is 0.536. The van der Waals surface area contributed by atoms with Gasteiger partial charge in [0, 0.05) is 0 Å². The van der Waals surface area contributed by atoms with E-state index in [-0.39, 0.29) is 5.41 Å². The number of benzene rings is 2. The molecule has 0 aliphatic heterocycles. The quantitative estimate of drug-likeness (QED) is 0.396. The Morgan fingerprint density at radius 1 is 1.00 bits per heavy atom. The molecule has 1 saturated carbocycles. The van der Waals surface area contributed by atoms with E-state index in [1.807, 2.05) is 12.1 Å². The molecular weight excluding hydrogens is 432 g/mol. The number of unbranched alkanes of at least 4 members (excludes halogenated alkanes) is 1. The molecule has 180 valence electrons. The number of sulfone groups is 1. The van der Waals surface area contributed by atoms with Crippen molar-refractivity contribution in [2.45, 2.75) is 88.4 Å². The van der Waals surface area contributed by atoms with Gasteiger partial charge in [0.2, 0.25) is 0 Å². The minimum absolute atomic E-state index is 0.132. The van der Waals surface area contributed by atoms with E-state index < -0.39 is 26.7 Å². The van der Waals surface area contributed by atoms with Gasteiger partial charge in [0.1, 0.15) is 10.9 Å². The van der Waals surface area contributed by atoms with Gasteiger partial charge >= 0.3 is 5.97 Å². The Labute approximate surface area is 199 Å². The summed E-state index contributed by atoms with van der Waals surface area (Å²) in [6.45, 7) is 8.76. The van der Waals surface area contributed by atoms with Crippen LogP contribution >= 0.6 is 0 Å². The molecule has 33 heavy (non-hydrogen) atoms. The van der Waals surface area contributed by atoms with Gasteiger partial charge < -0.3 is 4.74 Å². The maximum absolute atomic E-state index is 13.9. The third-order valence-corrected chi connectivity index (χ3v) is 9.56. The molecule has 0 radical (unpaired) electrons. The highest BCUT2D eigenvalue weighted by molar-refractivity contribution is 7.92. The topological polar surface area (TPSA) is 60.4 Å². The zero-order chi connectivity index (χ0) is 24.1. The first-order valence-corrected chi connectivity index (χ1v) is 13.7. The van der Waals surface area contributed by atoms with Crippen molar-refractivity contribution in [2.75, 3.05) is 0 Å². The fourth-order valence-electron chi connectivity index (χ4n) is 5.14. The summed E-state index contributed by atoms with van der Waals surface area (Å²) < 4.78 is 34.2. The molecule has 1 aliphatic rings. The lowest BCUT2D eigenvalue weighted by atomic mass is 9.67. The number of hydrogen-bond donors (Lipinski definition) is 0. The molecule has 0 aromatic heterocycles. The van der Waals surface area contributed by atoms with Crippen LogP contribution < -0.4 is 0 Å². The Kier molecular flexibility index (Phi) is 8.04. The van der Waals surface area contributed by atoms with E-state index >= 15 is 0 Å². The van der Waals surface area contributed by atoms with Crippen molar-refractivity contribution in [1.29, 1.82) is 0 Å². The monoisotopic (exact) mass is 470 g/mol. The number of carbonyl (C=O) groups excluding carboxylic acids is 1. The molecule has 0 spiro atoms. The smallest absolute Gasteiger partial charge is 0.338 e. The van der Waals surface area contributed by atoms with Crippen molar-refractivity contribution in [3.63, 3.8) is 0 Å². The number of carbonyl (C=O) groups is 1. The maximum Gasteiger partial charge on any atom is 0.338 e. The van der Waals surface area contributed by atoms with Crippen LogP contribution in [-0.4, -0.2) is 25.2 Å². The van der Waals surface area contributed by atoms with Crippen LogP contribution in [0.1, 0.15) is 83.0 Å². The van der Waals surface area contributed by atoms with Gasteiger partial charge in [-0.2, -0.15) is 0 Å². The lowest BCUT2D eigenvalue weighted by Gasteiger charge is -2.47. The normalized spacial score (nSPS) is 22.5. The summed E-state index contributed by atoms with van der Waals surface area (Å²) in [5, 5.41) is -0.763. The highest BCUT2D eigenvalue weighted by atomic mass is 32.2. The summed E-state index contributed by atoms with van der Waals surface area (Å²) in [6, 6.07) is 17.5. The zero-order valence-corrected chi connectivity index (χ0v) is 21.2. The minimum Gasteiger partial charge on any atom is -0.454 e. The van der Waals surface area contributed by atoms with E-state index in [1.165, 1.54) is 0 Å². The first-order valence-electron chi connectivity index (χ1n) is 12.2. The molecule has 1 atom stereocenters. The molecule has 1 unspecified atom stereocenters. The molecule has 2 aromatic rings. The summed E-state index contributed by atoms with van der Waals surface area (Å²) in [4.78, 5) is 13.5. The predicted molar refractivity (Wildman–Crippen MR) is 133 cm³/mol. The largest absolute Gasteiger partial charge is 0.454 e. The number of hydrogen-bond acceptors (Lipinski definition) is 4. The van der Waals surface area contributed by atoms with Crippen molar-refractivity contribution < 1.29 is 17.9 Å². The molecule has 1 aliphatic carbocycles. The van der Waals surface area contributed by atoms with Gasteiger partial charge in [-0.3, -0.25) is 0 Å². The molecule has 0 amide bonds. The average molecular weight is 471 g/mol. The van der Waals surface area contributed by atoms with Gasteiger partial charge in [-0.05, 0) is 67.7 Å². The van der Waals surface area contributed by atoms with Gasteiger partial charge in [0.05, 0.1) is 10.5 Å². The summed E-state index contributed by atoms with van der Waals surface area (Å²) in [5.74, 6) is 0.0295. The van der Waals surface area contributed by atoms with E-state index in [4.69, 9.17) is 4.74 Å².